The van der Waals surface area contributed by atoms with Gasteiger partial charge in [-0.3, -0.25) is 0 Å². The molecule has 0 spiro atoms. The van der Waals surface area contributed by atoms with E-state index in [0.29, 0.717) is 0 Å². The Balaban J connectivity index is 2.43. The number of nitrogens with zero attached hydrogens (tertiary/aromatic N) is 1. The van der Waals surface area contributed by atoms with Gasteiger partial charge in [-0.15, -0.1) is 0 Å². The number of nitrogens with two attached hydrogens (primary N) is 1. The van der Waals surface area contributed by atoms with E-state index < -0.39 is 0 Å². The van der Waals surface area contributed by atoms with Crippen LogP contribution in [0.2, 0.25) is 0 Å². The molecule has 0 heterocycles. The average Bonchev–Trinajstić information content (AvgIpc) is 2.24. The van der Waals surface area contributed by atoms with Crippen LogP contribution >= 0.6 is 15.9 Å². The van der Waals surface area contributed by atoms with Crippen LogP contribution in [0.4, 0.5) is 5.69 Å². The summed E-state index contributed by atoms with van der Waals surface area (Å²) >= 11 is 3.46. The molecule has 0 atom stereocenters. The highest BCUT2D eigenvalue weighted by Crippen LogP contribution is 2.21. The lowest BCUT2D eigenvalue weighted by Gasteiger charge is -2.16. The summed E-state index contributed by atoms with van der Waals surface area (Å²) in [4.78, 5) is 2.35. The number of benzene rings is 1. The first kappa shape index (κ1) is 13.5. The SMILES string of the molecule is CCCCCN(C)Cc1ccc(N)c(Br)c1. The van der Waals surface area contributed by atoms with Gasteiger partial charge in [0.1, 0.15) is 0 Å². The quantitative estimate of drug-likeness (QED) is 0.638. The van der Waals surface area contributed by atoms with Gasteiger partial charge in [0.25, 0.3) is 0 Å². The minimum Gasteiger partial charge on any atom is -0.398 e. The Morgan fingerprint density at radius 2 is 2.06 bits per heavy atom. The van der Waals surface area contributed by atoms with E-state index in [4.69, 9.17) is 5.73 Å². The molecule has 1 aromatic carbocycles. The highest BCUT2D eigenvalue weighted by molar-refractivity contribution is 9.10. The Bertz CT molecular complexity index is 326. The average molecular weight is 285 g/mol. The van der Waals surface area contributed by atoms with Crippen molar-refractivity contribution in [3.63, 3.8) is 0 Å². The maximum absolute atomic E-state index is 5.76. The fourth-order valence-corrected chi connectivity index (χ4v) is 2.12. The summed E-state index contributed by atoms with van der Waals surface area (Å²) in [7, 11) is 2.17. The van der Waals surface area contributed by atoms with Crippen LogP contribution in [-0.2, 0) is 6.54 Å². The maximum Gasteiger partial charge on any atom is 0.0458 e. The zero-order valence-corrected chi connectivity index (χ0v) is 11.8. The van der Waals surface area contributed by atoms with Crippen molar-refractivity contribution in [2.24, 2.45) is 0 Å². The third-order valence-corrected chi connectivity index (χ3v) is 3.35. The van der Waals surface area contributed by atoms with Gasteiger partial charge in [-0.1, -0.05) is 25.8 Å². The number of nitrogen functional groups attached to an aromatic ring is 1. The molecular weight excluding hydrogens is 264 g/mol. The zero-order chi connectivity index (χ0) is 12.0. The van der Waals surface area contributed by atoms with Gasteiger partial charge in [0, 0.05) is 16.7 Å². The van der Waals surface area contributed by atoms with E-state index in [1.807, 2.05) is 6.07 Å². The highest BCUT2D eigenvalue weighted by atomic mass is 79.9. The Hall–Kier alpha value is -0.540. The Morgan fingerprint density at radius 1 is 1.31 bits per heavy atom. The van der Waals surface area contributed by atoms with E-state index in [9.17, 15) is 0 Å². The number of hydrogen-bond acceptors (Lipinski definition) is 2. The van der Waals surface area contributed by atoms with Crippen molar-refractivity contribution >= 4 is 21.6 Å². The first-order chi connectivity index (χ1) is 7.63. The standard InChI is InChI=1S/C13H21BrN2/c1-3-4-5-8-16(2)10-11-6-7-13(15)12(14)9-11/h6-7,9H,3-5,8,10,15H2,1-2H3. The highest BCUT2D eigenvalue weighted by Gasteiger charge is 2.02. The molecule has 3 heteroatoms. The second-order valence-electron chi connectivity index (χ2n) is 4.30. The van der Waals surface area contributed by atoms with E-state index in [1.165, 1.54) is 24.8 Å². The molecule has 1 aromatic rings. The molecule has 0 aliphatic carbocycles. The monoisotopic (exact) mass is 284 g/mol. The first-order valence-corrected chi connectivity index (χ1v) is 6.65. The molecule has 0 amide bonds. The molecule has 2 nitrogen and oxygen atoms in total. The van der Waals surface area contributed by atoms with Crippen LogP contribution in [0.25, 0.3) is 0 Å². The lowest BCUT2D eigenvalue weighted by Crippen LogP contribution is -2.19. The molecular formula is C13H21BrN2. The van der Waals surface area contributed by atoms with Crippen LogP contribution in [-0.4, -0.2) is 18.5 Å². The van der Waals surface area contributed by atoms with E-state index in [2.05, 4.69) is 46.9 Å². The van der Waals surface area contributed by atoms with Crippen molar-refractivity contribution in [1.82, 2.24) is 4.90 Å². The molecule has 0 unspecified atom stereocenters. The molecule has 2 N–H and O–H groups in total. The van der Waals surface area contributed by atoms with Crippen molar-refractivity contribution in [3.8, 4) is 0 Å². The maximum atomic E-state index is 5.76. The summed E-state index contributed by atoms with van der Waals surface area (Å²) in [5, 5.41) is 0. The Morgan fingerprint density at radius 3 is 2.69 bits per heavy atom. The Kier molecular flexibility index (Phi) is 5.85. The Labute approximate surface area is 107 Å². The third-order valence-electron chi connectivity index (χ3n) is 2.66. The van der Waals surface area contributed by atoms with Gasteiger partial charge in [0.2, 0.25) is 0 Å². The van der Waals surface area contributed by atoms with Crippen molar-refractivity contribution in [3.05, 3.63) is 28.2 Å². The summed E-state index contributed by atoms with van der Waals surface area (Å²) in [6.45, 7) is 4.38. The number of rotatable bonds is 6. The van der Waals surface area contributed by atoms with Crippen LogP contribution in [0.15, 0.2) is 22.7 Å². The van der Waals surface area contributed by atoms with Crippen molar-refractivity contribution < 1.29 is 0 Å². The van der Waals surface area contributed by atoms with Gasteiger partial charge < -0.3 is 10.6 Å². The molecule has 0 aliphatic rings. The van der Waals surface area contributed by atoms with Gasteiger partial charge in [0.15, 0.2) is 0 Å². The minimum atomic E-state index is 0.803. The number of hydrogen-bond donors (Lipinski definition) is 1. The number of halogens is 1. The van der Waals surface area contributed by atoms with Gasteiger partial charge in [0.05, 0.1) is 0 Å². The molecule has 0 saturated heterocycles. The molecule has 0 saturated carbocycles. The van der Waals surface area contributed by atoms with Crippen LogP contribution in [0.3, 0.4) is 0 Å². The molecule has 0 aromatic heterocycles. The van der Waals surface area contributed by atoms with Crippen molar-refractivity contribution in [2.75, 3.05) is 19.3 Å². The van der Waals surface area contributed by atoms with Gasteiger partial charge >= 0.3 is 0 Å². The third kappa shape index (κ3) is 4.54. The smallest absolute Gasteiger partial charge is 0.0458 e. The zero-order valence-electron chi connectivity index (χ0n) is 10.2. The summed E-state index contributed by atoms with van der Waals surface area (Å²) in [5.41, 5.74) is 7.87. The largest absolute Gasteiger partial charge is 0.398 e. The molecule has 0 radical (unpaired) electrons. The summed E-state index contributed by atoms with van der Waals surface area (Å²) < 4.78 is 0.993. The van der Waals surface area contributed by atoms with Crippen LogP contribution < -0.4 is 5.73 Å². The van der Waals surface area contributed by atoms with Gasteiger partial charge in [-0.05, 0) is 53.6 Å². The second kappa shape index (κ2) is 6.92. The summed E-state index contributed by atoms with van der Waals surface area (Å²) in [6, 6.07) is 6.15. The van der Waals surface area contributed by atoms with Gasteiger partial charge in [-0.2, -0.15) is 0 Å². The summed E-state index contributed by atoms with van der Waals surface area (Å²) in [5.74, 6) is 0. The first-order valence-electron chi connectivity index (χ1n) is 5.86. The van der Waals surface area contributed by atoms with Crippen LogP contribution in [0.1, 0.15) is 31.7 Å². The van der Waals surface area contributed by atoms with Gasteiger partial charge in [-0.25, -0.2) is 0 Å². The minimum absolute atomic E-state index is 0.803. The topological polar surface area (TPSA) is 29.3 Å². The van der Waals surface area contributed by atoms with E-state index in [1.54, 1.807) is 0 Å². The lowest BCUT2D eigenvalue weighted by atomic mass is 10.2. The van der Waals surface area contributed by atoms with E-state index >= 15 is 0 Å². The summed E-state index contributed by atoms with van der Waals surface area (Å²) in [6.07, 6.45) is 3.88. The molecule has 16 heavy (non-hydrogen) atoms. The number of unbranched alkanes of at least 4 members (excludes halogenated alkanes) is 2. The van der Waals surface area contributed by atoms with Crippen LogP contribution in [0, 0.1) is 0 Å². The van der Waals surface area contributed by atoms with E-state index in [0.717, 1.165) is 23.2 Å². The van der Waals surface area contributed by atoms with Crippen molar-refractivity contribution in [2.45, 2.75) is 32.7 Å². The molecule has 90 valence electrons. The predicted molar refractivity (Wildman–Crippen MR) is 74.4 cm³/mol. The van der Waals surface area contributed by atoms with E-state index in [-0.39, 0.29) is 0 Å². The fraction of sp³-hybridized carbons (Fsp3) is 0.538. The normalized spacial score (nSPS) is 11.0. The molecule has 0 fully saturated rings. The predicted octanol–water partition coefficient (Wildman–Crippen LogP) is 3.65. The van der Waals surface area contributed by atoms with Crippen molar-refractivity contribution in [1.29, 1.82) is 0 Å². The molecule has 0 aliphatic heterocycles. The molecule has 1 rings (SSSR count). The van der Waals surface area contributed by atoms with Crippen LogP contribution in [0.5, 0.6) is 0 Å². The number of anilines is 1. The second-order valence-corrected chi connectivity index (χ2v) is 5.16. The lowest BCUT2D eigenvalue weighted by molar-refractivity contribution is 0.318. The fourth-order valence-electron chi connectivity index (χ4n) is 1.69. The molecule has 0 bridgehead atoms.